The second kappa shape index (κ2) is 8.70. The normalized spacial score (nSPS) is 18.4. The van der Waals surface area contributed by atoms with Crippen LogP contribution in [0.25, 0.3) is 10.4 Å². The highest BCUT2D eigenvalue weighted by atomic mass is 32.1. The molecule has 2 heterocycles. The lowest BCUT2D eigenvalue weighted by Crippen LogP contribution is -2.51. The molecule has 2 aliphatic rings. The highest BCUT2D eigenvalue weighted by molar-refractivity contribution is 7.13. The van der Waals surface area contributed by atoms with Gasteiger partial charge in [-0.3, -0.25) is 9.59 Å². The Balaban J connectivity index is 1.57. The molecule has 2 aromatic rings. The van der Waals surface area contributed by atoms with Gasteiger partial charge in [0, 0.05) is 30.4 Å². The van der Waals surface area contributed by atoms with Crippen LogP contribution in [-0.2, 0) is 16.0 Å². The van der Waals surface area contributed by atoms with Crippen LogP contribution in [0.2, 0.25) is 0 Å². The monoisotopic (exact) mass is 410 g/mol. The first-order valence-electron chi connectivity index (χ1n) is 10.8. The van der Waals surface area contributed by atoms with E-state index in [4.69, 9.17) is 0 Å². The number of rotatable bonds is 7. The van der Waals surface area contributed by atoms with Gasteiger partial charge in [-0.05, 0) is 61.1 Å². The van der Waals surface area contributed by atoms with Crippen LogP contribution < -0.4 is 5.32 Å². The van der Waals surface area contributed by atoms with Gasteiger partial charge >= 0.3 is 0 Å². The van der Waals surface area contributed by atoms with Crippen LogP contribution in [0.15, 0.2) is 41.8 Å². The Labute approximate surface area is 177 Å². The summed E-state index contributed by atoms with van der Waals surface area (Å²) in [4.78, 5) is 29.0. The van der Waals surface area contributed by atoms with Gasteiger partial charge in [0.25, 0.3) is 0 Å². The summed E-state index contributed by atoms with van der Waals surface area (Å²) in [7, 11) is 0. The topological polar surface area (TPSA) is 49.4 Å². The van der Waals surface area contributed by atoms with E-state index in [1.165, 1.54) is 16.0 Å². The zero-order chi connectivity index (χ0) is 20.3. The van der Waals surface area contributed by atoms with E-state index in [1.54, 1.807) is 11.3 Å². The van der Waals surface area contributed by atoms with Gasteiger partial charge in [-0.15, -0.1) is 11.3 Å². The van der Waals surface area contributed by atoms with Crippen molar-refractivity contribution in [2.24, 2.45) is 11.3 Å². The van der Waals surface area contributed by atoms with Gasteiger partial charge in [0.05, 0.1) is 5.41 Å². The number of likely N-dealkylation sites (tertiary alicyclic amines) is 1. The predicted octanol–water partition coefficient (Wildman–Crippen LogP) is 4.50. The second-order valence-corrected chi connectivity index (χ2v) is 9.39. The van der Waals surface area contributed by atoms with Crippen molar-refractivity contribution < 1.29 is 9.59 Å². The fourth-order valence-corrected chi connectivity index (χ4v) is 5.15. The number of nitrogens with one attached hydrogen (secondary N) is 1. The van der Waals surface area contributed by atoms with Gasteiger partial charge in [0.2, 0.25) is 11.8 Å². The highest BCUT2D eigenvalue weighted by Gasteiger charge is 2.44. The van der Waals surface area contributed by atoms with E-state index in [0.29, 0.717) is 25.5 Å². The molecule has 1 N–H and O–H groups in total. The average Bonchev–Trinajstić information content (AvgIpc) is 3.46. The average molecular weight is 411 g/mol. The molecule has 154 valence electrons. The van der Waals surface area contributed by atoms with Crippen LogP contribution in [-0.4, -0.2) is 36.3 Å². The Hall–Kier alpha value is -2.14. The third-order valence-corrected chi connectivity index (χ3v) is 7.21. The summed E-state index contributed by atoms with van der Waals surface area (Å²) in [6.07, 6.45) is 5.19. The number of carbonyl (C=O) groups excluding carboxylic acids is 2. The fourth-order valence-electron chi connectivity index (χ4n) is 4.36. The molecule has 0 spiro atoms. The first-order valence-corrected chi connectivity index (χ1v) is 11.7. The van der Waals surface area contributed by atoms with Gasteiger partial charge in [0.1, 0.15) is 0 Å². The molecule has 4 nitrogen and oxygen atoms in total. The number of amides is 2. The molecule has 1 saturated carbocycles. The number of thiophene rings is 1. The molecule has 1 saturated heterocycles. The fraction of sp³-hybridized carbons (Fsp3) is 0.500. The summed E-state index contributed by atoms with van der Waals surface area (Å²) in [6, 6.07) is 12.7. The molecule has 1 aliphatic carbocycles. The number of nitrogens with zero attached hydrogens (tertiary/aromatic N) is 1. The molecule has 1 aliphatic heterocycles. The van der Waals surface area contributed by atoms with E-state index in [9.17, 15) is 9.59 Å². The second-order valence-electron chi connectivity index (χ2n) is 8.45. The molecule has 2 fully saturated rings. The van der Waals surface area contributed by atoms with Crippen LogP contribution >= 0.6 is 11.3 Å². The minimum atomic E-state index is -0.442. The Morgan fingerprint density at radius 2 is 1.90 bits per heavy atom. The highest BCUT2D eigenvalue weighted by Crippen LogP contribution is 2.40. The smallest absolute Gasteiger partial charge is 0.226 e. The lowest BCUT2D eigenvalue weighted by atomic mass is 9.72. The summed E-state index contributed by atoms with van der Waals surface area (Å²) in [5, 5.41) is 5.25. The van der Waals surface area contributed by atoms with E-state index < -0.39 is 5.41 Å². The van der Waals surface area contributed by atoms with Crippen molar-refractivity contribution in [3.8, 4) is 10.4 Å². The predicted molar refractivity (Wildman–Crippen MR) is 118 cm³/mol. The van der Waals surface area contributed by atoms with Gasteiger partial charge < -0.3 is 10.2 Å². The maximum absolute atomic E-state index is 13.3. The zero-order valence-electron chi connectivity index (χ0n) is 17.2. The van der Waals surface area contributed by atoms with Gasteiger partial charge in [0.15, 0.2) is 0 Å². The Morgan fingerprint density at radius 1 is 1.14 bits per heavy atom. The summed E-state index contributed by atoms with van der Waals surface area (Å²) >= 11 is 1.73. The van der Waals surface area contributed by atoms with Crippen LogP contribution in [0.4, 0.5) is 0 Å². The first-order chi connectivity index (χ1) is 14.1. The largest absolute Gasteiger partial charge is 0.356 e. The Morgan fingerprint density at radius 3 is 2.55 bits per heavy atom. The van der Waals surface area contributed by atoms with E-state index in [-0.39, 0.29) is 11.8 Å². The first kappa shape index (κ1) is 20.1. The molecule has 29 heavy (non-hydrogen) atoms. The summed E-state index contributed by atoms with van der Waals surface area (Å²) in [5.41, 5.74) is 2.01. The van der Waals surface area contributed by atoms with Gasteiger partial charge in [-0.1, -0.05) is 37.3 Å². The lowest BCUT2D eigenvalue weighted by Gasteiger charge is -2.41. The van der Waals surface area contributed by atoms with Crippen molar-refractivity contribution in [2.45, 2.75) is 45.4 Å². The summed E-state index contributed by atoms with van der Waals surface area (Å²) in [5.74, 6) is 0.696. The Bertz CT molecular complexity index is 850. The van der Waals surface area contributed by atoms with Crippen LogP contribution in [0.1, 0.15) is 44.6 Å². The minimum Gasteiger partial charge on any atom is -0.356 e. The summed E-state index contributed by atoms with van der Waals surface area (Å²) in [6.45, 7) is 4.17. The molecule has 2 amide bonds. The van der Waals surface area contributed by atoms with E-state index in [2.05, 4.69) is 54.0 Å². The van der Waals surface area contributed by atoms with Gasteiger partial charge in [-0.2, -0.15) is 0 Å². The maximum Gasteiger partial charge on any atom is 0.226 e. The van der Waals surface area contributed by atoms with Crippen molar-refractivity contribution in [3.05, 3.63) is 47.3 Å². The lowest BCUT2D eigenvalue weighted by molar-refractivity contribution is -0.141. The van der Waals surface area contributed by atoms with Crippen molar-refractivity contribution >= 4 is 23.2 Å². The maximum atomic E-state index is 13.3. The third kappa shape index (κ3) is 4.40. The van der Waals surface area contributed by atoms with Crippen LogP contribution in [0, 0.1) is 11.3 Å². The molecule has 1 aromatic carbocycles. The standard InChI is InChI=1S/C24H30N2O2S/c1-2-13-25-23(28)24(11-14-26(15-12-24)22(27)18-9-10-18)17-19-6-3-4-7-20(19)21-8-5-16-29-21/h3-8,16,18H,2,9-15,17H2,1H3,(H,25,28). The number of hydrogen-bond acceptors (Lipinski definition) is 3. The number of benzene rings is 1. The molecular formula is C24H30N2O2S. The number of hydrogen-bond donors (Lipinski definition) is 1. The third-order valence-electron chi connectivity index (χ3n) is 6.31. The zero-order valence-corrected chi connectivity index (χ0v) is 18.0. The van der Waals surface area contributed by atoms with Crippen molar-refractivity contribution in [2.75, 3.05) is 19.6 Å². The molecular weight excluding hydrogens is 380 g/mol. The minimum absolute atomic E-state index is 0.152. The summed E-state index contributed by atoms with van der Waals surface area (Å²) < 4.78 is 0. The van der Waals surface area contributed by atoms with Crippen molar-refractivity contribution in [1.29, 1.82) is 0 Å². The quantitative estimate of drug-likeness (QED) is 0.730. The number of carbonyl (C=O) groups is 2. The molecule has 5 heteroatoms. The molecule has 4 rings (SSSR count). The number of piperidine rings is 1. The van der Waals surface area contributed by atoms with Crippen molar-refractivity contribution in [3.63, 3.8) is 0 Å². The van der Waals surface area contributed by atoms with Crippen molar-refractivity contribution in [1.82, 2.24) is 10.2 Å². The molecule has 0 bridgehead atoms. The molecule has 0 radical (unpaired) electrons. The molecule has 0 unspecified atom stereocenters. The molecule has 0 atom stereocenters. The van der Waals surface area contributed by atoms with E-state index >= 15 is 0 Å². The van der Waals surface area contributed by atoms with E-state index in [1.807, 2.05) is 4.90 Å². The van der Waals surface area contributed by atoms with Crippen LogP contribution in [0.3, 0.4) is 0 Å². The SMILES string of the molecule is CCCNC(=O)C1(Cc2ccccc2-c2cccs2)CCN(C(=O)C2CC2)CC1. The Kier molecular flexibility index (Phi) is 6.04. The van der Waals surface area contributed by atoms with Crippen LogP contribution in [0.5, 0.6) is 0 Å². The van der Waals surface area contributed by atoms with Gasteiger partial charge in [-0.25, -0.2) is 0 Å². The molecule has 1 aromatic heterocycles. The van der Waals surface area contributed by atoms with E-state index in [0.717, 1.165) is 38.5 Å².